The first-order valence-electron chi connectivity index (χ1n) is 4.54. The van der Waals surface area contributed by atoms with Crippen molar-refractivity contribution >= 4 is 20.0 Å². The molecule has 1 aliphatic heterocycles. The van der Waals surface area contributed by atoms with Gasteiger partial charge in [-0.05, 0) is 19.4 Å². The molecule has 0 spiro atoms. The van der Waals surface area contributed by atoms with Crippen LogP contribution >= 0.6 is 0 Å². The van der Waals surface area contributed by atoms with E-state index in [1.165, 1.54) is 0 Å². The Labute approximate surface area is 89.5 Å². The van der Waals surface area contributed by atoms with Crippen molar-refractivity contribution in [2.45, 2.75) is 12.8 Å². The first-order valence-corrected chi connectivity index (χ1v) is 7.97. The van der Waals surface area contributed by atoms with Crippen LogP contribution < -0.4 is 5.73 Å². The molecule has 0 aromatic carbocycles. The van der Waals surface area contributed by atoms with Gasteiger partial charge < -0.3 is 5.73 Å². The monoisotopic (exact) mass is 257 g/mol. The van der Waals surface area contributed by atoms with Crippen molar-refractivity contribution < 1.29 is 21.4 Å². The SMILES string of the molecule is NCC1(CS(=O)(=O)O)CCS(=O)(=O)CC1. The van der Waals surface area contributed by atoms with Crippen LogP contribution in [0.1, 0.15) is 12.8 Å². The normalized spacial score (nSPS) is 24.9. The molecular weight excluding hydrogens is 242 g/mol. The number of rotatable bonds is 3. The van der Waals surface area contributed by atoms with E-state index in [2.05, 4.69) is 0 Å². The molecule has 0 aromatic rings. The summed E-state index contributed by atoms with van der Waals surface area (Å²) in [5, 5.41) is 0. The van der Waals surface area contributed by atoms with E-state index in [0.717, 1.165) is 0 Å². The number of hydrogen-bond donors (Lipinski definition) is 2. The van der Waals surface area contributed by atoms with Gasteiger partial charge in [-0.25, -0.2) is 8.42 Å². The minimum atomic E-state index is -4.11. The zero-order valence-corrected chi connectivity index (χ0v) is 9.85. The second kappa shape index (κ2) is 4.00. The van der Waals surface area contributed by atoms with Crippen LogP contribution in [0.3, 0.4) is 0 Å². The molecule has 0 saturated carbocycles. The highest BCUT2D eigenvalue weighted by molar-refractivity contribution is 7.91. The zero-order valence-electron chi connectivity index (χ0n) is 8.22. The molecule has 1 rings (SSSR count). The number of hydrogen-bond acceptors (Lipinski definition) is 5. The summed E-state index contributed by atoms with van der Waals surface area (Å²) in [5.41, 5.74) is 4.68. The third kappa shape index (κ3) is 3.71. The highest BCUT2D eigenvalue weighted by Crippen LogP contribution is 2.32. The van der Waals surface area contributed by atoms with E-state index in [0.29, 0.717) is 0 Å². The molecule has 0 unspecified atom stereocenters. The molecule has 1 aliphatic rings. The second-order valence-electron chi connectivity index (χ2n) is 4.08. The fourth-order valence-electron chi connectivity index (χ4n) is 1.77. The van der Waals surface area contributed by atoms with Crippen molar-refractivity contribution in [3.05, 3.63) is 0 Å². The summed E-state index contributed by atoms with van der Waals surface area (Å²) in [5.74, 6) is -0.564. The third-order valence-electron chi connectivity index (χ3n) is 2.81. The third-order valence-corrected chi connectivity index (χ3v) is 5.44. The van der Waals surface area contributed by atoms with Gasteiger partial charge in [0, 0.05) is 5.41 Å². The molecular formula is C7H15NO5S2. The van der Waals surface area contributed by atoms with Crippen LogP contribution in [-0.2, 0) is 20.0 Å². The summed E-state index contributed by atoms with van der Waals surface area (Å²) in [6.45, 7) is 0.0717. The fourth-order valence-corrected chi connectivity index (χ4v) is 4.64. The maximum atomic E-state index is 11.2. The smallest absolute Gasteiger partial charge is 0.265 e. The largest absolute Gasteiger partial charge is 0.330 e. The molecule has 15 heavy (non-hydrogen) atoms. The summed E-state index contributed by atoms with van der Waals surface area (Å²) in [6, 6.07) is 0. The van der Waals surface area contributed by atoms with Gasteiger partial charge >= 0.3 is 0 Å². The van der Waals surface area contributed by atoms with E-state index < -0.39 is 31.1 Å². The molecule has 3 N–H and O–H groups in total. The lowest BCUT2D eigenvalue weighted by Crippen LogP contribution is -2.43. The van der Waals surface area contributed by atoms with Crippen molar-refractivity contribution in [2.75, 3.05) is 23.8 Å². The van der Waals surface area contributed by atoms with Crippen LogP contribution in [0.2, 0.25) is 0 Å². The summed E-state index contributed by atoms with van der Waals surface area (Å²) >= 11 is 0. The molecule has 6 nitrogen and oxygen atoms in total. The molecule has 0 radical (unpaired) electrons. The second-order valence-corrected chi connectivity index (χ2v) is 7.84. The predicted octanol–water partition coefficient (Wildman–Crippen LogP) is -0.972. The van der Waals surface area contributed by atoms with Crippen LogP contribution in [-0.4, -0.2) is 45.2 Å². The first-order chi connectivity index (χ1) is 6.68. The van der Waals surface area contributed by atoms with Gasteiger partial charge in [-0.3, -0.25) is 4.55 Å². The van der Waals surface area contributed by atoms with E-state index >= 15 is 0 Å². The van der Waals surface area contributed by atoms with E-state index in [1.807, 2.05) is 0 Å². The minimum Gasteiger partial charge on any atom is -0.330 e. The van der Waals surface area contributed by atoms with E-state index in [4.69, 9.17) is 10.3 Å². The highest BCUT2D eigenvalue weighted by Gasteiger charge is 2.39. The molecule has 0 atom stereocenters. The maximum Gasteiger partial charge on any atom is 0.265 e. The molecule has 1 fully saturated rings. The van der Waals surface area contributed by atoms with Gasteiger partial charge in [-0.1, -0.05) is 0 Å². The van der Waals surface area contributed by atoms with Crippen LogP contribution in [0, 0.1) is 5.41 Å². The predicted molar refractivity (Wildman–Crippen MR) is 55.8 cm³/mol. The van der Waals surface area contributed by atoms with Crippen molar-refractivity contribution in [3.8, 4) is 0 Å². The average molecular weight is 257 g/mol. The molecule has 1 saturated heterocycles. The molecule has 0 bridgehead atoms. The van der Waals surface area contributed by atoms with E-state index in [1.54, 1.807) is 0 Å². The lowest BCUT2D eigenvalue weighted by Gasteiger charge is -2.34. The van der Waals surface area contributed by atoms with E-state index in [-0.39, 0.29) is 30.9 Å². The van der Waals surface area contributed by atoms with Crippen molar-refractivity contribution in [1.82, 2.24) is 0 Å². The molecule has 8 heteroatoms. The summed E-state index contributed by atoms with van der Waals surface area (Å²) in [6.07, 6.45) is 0.400. The fraction of sp³-hybridized carbons (Fsp3) is 1.00. The van der Waals surface area contributed by atoms with Crippen LogP contribution in [0.5, 0.6) is 0 Å². The standard InChI is InChI=1S/C7H15NO5S2/c8-5-7(6-15(11,12)13)1-3-14(9,10)4-2-7/h1-6,8H2,(H,11,12,13). The van der Waals surface area contributed by atoms with Gasteiger partial charge in [0.05, 0.1) is 17.3 Å². The van der Waals surface area contributed by atoms with Crippen molar-refractivity contribution in [1.29, 1.82) is 0 Å². The molecule has 0 aromatic heterocycles. The maximum absolute atomic E-state index is 11.2. The van der Waals surface area contributed by atoms with Gasteiger partial charge in [0.2, 0.25) is 0 Å². The van der Waals surface area contributed by atoms with Gasteiger partial charge in [-0.2, -0.15) is 8.42 Å². The Kier molecular flexibility index (Phi) is 3.44. The van der Waals surface area contributed by atoms with Gasteiger partial charge in [0.15, 0.2) is 0 Å². The Hall–Kier alpha value is -0.180. The van der Waals surface area contributed by atoms with Crippen LogP contribution in [0.25, 0.3) is 0 Å². The van der Waals surface area contributed by atoms with Gasteiger partial charge in [-0.15, -0.1) is 0 Å². The lowest BCUT2D eigenvalue weighted by atomic mass is 9.84. The van der Waals surface area contributed by atoms with Crippen molar-refractivity contribution in [3.63, 3.8) is 0 Å². The summed E-state index contributed by atoms with van der Waals surface area (Å²) in [7, 11) is -7.16. The Balaban J connectivity index is 2.82. The molecule has 0 aliphatic carbocycles. The Morgan fingerprint density at radius 3 is 2.07 bits per heavy atom. The van der Waals surface area contributed by atoms with Crippen LogP contribution in [0.15, 0.2) is 0 Å². The van der Waals surface area contributed by atoms with Crippen molar-refractivity contribution in [2.24, 2.45) is 11.1 Å². The average Bonchev–Trinajstić information content (AvgIpc) is 2.07. The Morgan fingerprint density at radius 1 is 1.27 bits per heavy atom. The van der Waals surface area contributed by atoms with Crippen LogP contribution in [0.4, 0.5) is 0 Å². The van der Waals surface area contributed by atoms with Gasteiger partial charge in [0.25, 0.3) is 10.1 Å². The quantitative estimate of drug-likeness (QED) is 0.628. The molecule has 90 valence electrons. The number of sulfone groups is 1. The highest BCUT2D eigenvalue weighted by atomic mass is 32.2. The minimum absolute atomic E-state index is 0.0558. The molecule has 1 heterocycles. The zero-order chi connectivity index (χ0) is 11.7. The first kappa shape index (κ1) is 12.9. The number of nitrogens with two attached hydrogens (primary N) is 1. The Morgan fingerprint density at radius 2 is 1.73 bits per heavy atom. The topological polar surface area (TPSA) is 115 Å². The van der Waals surface area contributed by atoms with E-state index in [9.17, 15) is 16.8 Å². The Bertz CT molecular complexity index is 410. The van der Waals surface area contributed by atoms with Gasteiger partial charge in [0.1, 0.15) is 9.84 Å². The lowest BCUT2D eigenvalue weighted by molar-refractivity contribution is 0.295. The molecule has 0 amide bonds. The summed E-state index contributed by atoms with van der Waals surface area (Å²) in [4.78, 5) is 0. The summed E-state index contributed by atoms with van der Waals surface area (Å²) < 4.78 is 52.6.